The molecule has 0 amide bonds. The highest BCUT2D eigenvalue weighted by atomic mass is 16.4. The SMILES string of the molecule is CCc1cc(=O)[nH]c(-c2ccc(NCCC(=O)O)nc2)n1. The number of hydrogen-bond acceptors (Lipinski definition) is 5. The average molecular weight is 288 g/mol. The average Bonchev–Trinajstić information content (AvgIpc) is 2.47. The van der Waals surface area contributed by atoms with Gasteiger partial charge in [-0.2, -0.15) is 0 Å². The molecule has 0 radical (unpaired) electrons. The normalized spacial score (nSPS) is 10.3. The molecule has 0 aliphatic carbocycles. The quantitative estimate of drug-likeness (QED) is 0.739. The van der Waals surface area contributed by atoms with Gasteiger partial charge in [0, 0.05) is 30.1 Å². The Kier molecular flexibility index (Phi) is 4.65. The number of rotatable bonds is 6. The van der Waals surface area contributed by atoms with E-state index in [0.717, 1.165) is 5.69 Å². The van der Waals surface area contributed by atoms with Crippen molar-refractivity contribution in [2.45, 2.75) is 19.8 Å². The van der Waals surface area contributed by atoms with Crippen LogP contribution < -0.4 is 10.9 Å². The zero-order valence-electron chi connectivity index (χ0n) is 11.6. The summed E-state index contributed by atoms with van der Waals surface area (Å²) in [6.45, 7) is 2.24. The summed E-state index contributed by atoms with van der Waals surface area (Å²) in [5, 5.41) is 11.5. The molecule has 0 atom stereocenters. The number of H-pyrrole nitrogens is 1. The third kappa shape index (κ3) is 4.13. The first-order valence-electron chi connectivity index (χ1n) is 6.61. The van der Waals surface area contributed by atoms with Crippen molar-refractivity contribution in [2.75, 3.05) is 11.9 Å². The highest BCUT2D eigenvalue weighted by Crippen LogP contribution is 2.14. The second kappa shape index (κ2) is 6.65. The van der Waals surface area contributed by atoms with E-state index in [-0.39, 0.29) is 12.0 Å². The van der Waals surface area contributed by atoms with Gasteiger partial charge < -0.3 is 15.4 Å². The minimum Gasteiger partial charge on any atom is -0.481 e. The summed E-state index contributed by atoms with van der Waals surface area (Å²) in [6.07, 6.45) is 2.29. The first kappa shape index (κ1) is 14.7. The van der Waals surface area contributed by atoms with E-state index in [9.17, 15) is 9.59 Å². The van der Waals surface area contributed by atoms with Crippen LogP contribution in [0.1, 0.15) is 19.0 Å². The Morgan fingerprint density at radius 3 is 2.86 bits per heavy atom. The zero-order chi connectivity index (χ0) is 15.2. The number of anilines is 1. The Balaban J connectivity index is 2.13. The van der Waals surface area contributed by atoms with E-state index < -0.39 is 5.97 Å². The van der Waals surface area contributed by atoms with Gasteiger partial charge in [0.15, 0.2) is 0 Å². The van der Waals surface area contributed by atoms with Crippen LogP contribution in [0.4, 0.5) is 5.82 Å². The minimum atomic E-state index is -0.864. The van der Waals surface area contributed by atoms with Gasteiger partial charge in [-0.25, -0.2) is 9.97 Å². The summed E-state index contributed by atoms with van der Waals surface area (Å²) >= 11 is 0. The lowest BCUT2D eigenvalue weighted by molar-refractivity contribution is -0.136. The number of carboxylic acids is 1. The lowest BCUT2D eigenvalue weighted by Gasteiger charge is -2.06. The molecule has 7 nitrogen and oxygen atoms in total. The fourth-order valence-electron chi connectivity index (χ4n) is 1.76. The standard InChI is InChI=1S/C14H16N4O3/c1-2-10-7-12(19)18-14(17-10)9-3-4-11(16-8-9)15-6-5-13(20)21/h3-4,7-8H,2,5-6H2,1H3,(H,15,16)(H,20,21)(H,17,18,19). The number of carbonyl (C=O) groups is 1. The summed E-state index contributed by atoms with van der Waals surface area (Å²) in [7, 11) is 0. The number of aliphatic carboxylic acids is 1. The molecule has 0 fully saturated rings. The van der Waals surface area contributed by atoms with Crippen LogP contribution in [-0.2, 0) is 11.2 Å². The predicted molar refractivity (Wildman–Crippen MR) is 78.2 cm³/mol. The van der Waals surface area contributed by atoms with E-state index in [1.54, 1.807) is 18.3 Å². The molecule has 2 rings (SSSR count). The zero-order valence-corrected chi connectivity index (χ0v) is 11.6. The topological polar surface area (TPSA) is 108 Å². The molecule has 0 saturated carbocycles. The van der Waals surface area contributed by atoms with Gasteiger partial charge in [-0.15, -0.1) is 0 Å². The lowest BCUT2D eigenvalue weighted by atomic mass is 10.2. The molecule has 21 heavy (non-hydrogen) atoms. The molecule has 0 aliphatic heterocycles. The molecule has 3 N–H and O–H groups in total. The maximum atomic E-state index is 11.5. The maximum absolute atomic E-state index is 11.5. The van der Waals surface area contributed by atoms with Crippen LogP contribution in [0.2, 0.25) is 0 Å². The maximum Gasteiger partial charge on any atom is 0.305 e. The number of aryl methyl sites for hydroxylation is 1. The number of pyridine rings is 1. The van der Waals surface area contributed by atoms with Crippen LogP contribution in [0.3, 0.4) is 0 Å². The number of carboxylic acid groups (broad SMARTS) is 1. The Morgan fingerprint density at radius 2 is 2.24 bits per heavy atom. The van der Waals surface area contributed by atoms with E-state index in [2.05, 4.69) is 20.3 Å². The molecule has 2 heterocycles. The van der Waals surface area contributed by atoms with E-state index in [1.807, 2.05) is 6.92 Å². The van der Waals surface area contributed by atoms with Crippen molar-refractivity contribution < 1.29 is 9.90 Å². The smallest absolute Gasteiger partial charge is 0.305 e. The summed E-state index contributed by atoms with van der Waals surface area (Å²) in [6, 6.07) is 4.96. The summed E-state index contributed by atoms with van der Waals surface area (Å²) in [5.41, 5.74) is 1.23. The van der Waals surface area contributed by atoms with Crippen molar-refractivity contribution >= 4 is 11.8 Å². The molecule has 0 aromatic carbocycles. The fourth-order valence-corrected chi connectivity index (χ4v) is 1.76. The molecule has 0 saturated heterocycles. The first-order chi connectivity index (χ1) is 10.1. The van der Waals surface area contributed by atoms with Crippen LogP contribution in [-0.4, -0.2) is 32.6 Å². The van der Waals surface area contributed by atoms with Crippen molar-refractivity contribution in [1.29, 1.82) is 0 Å². The molecule has 110 valence electrons. The van der Waals surface area contributed by atoms with E-state index in [4.69, 9.17) is 5.11 Å². The molecule has 0 spiro atoms. The largest absolute Gasteiger partial charge is 0.481 e. The molecule has 0 unspecified atom stereocenters. The van der Waals surface area contributed by atoms with Gasteiger partial charge in [-0.3, -0.25) is 9.59 Å². The minimum absolute atomic E-state index is 0.0247. The van der Waals surface area contributed by atoms with Crippen LogP contribution in [0.5, 0.6) is 0 Å². The van der Waals surface area contributed by atoms with Crippen molar-refractivity contribution in [3.05, 3.63) is 40.4 Å². The number of aromatic amines is 1. The molecule has 2 aromatic rings. The lowest BCUT2D eigenvalue weighted by Crippen LogP contribution is -2.10. The van der Waals surface area contributed by atoms with Gasteiger partial charge in [0.25, 0.3) is 5.56 Å². The van der Waals surface area contributed by atoms with Crippen LogP contribution in [0.25, 0.3) is 11.4 Å². The van der Waals surface area contributed by atoms with Crippen molar-refractivity contribution in [2.24, 2.45) is 0 Å². The molecule has 0 bridgehead atoms. The van der Waals surface area contributed by atoms with Gasteiger partial charge in [0.2, 0.25) is 0 Å². The number of nitrogens with one attached hydrogen (secondary N) is 2. The predicted octanol–water partition coefficient (Wildman–Crippen LogP) is 1.28. The Labute approximate surface area is 121 Å². The molecule has 2 aromatic heterocycles. The van der Waals surface area contributed by atoms with Gasteiger partial charge >= 0.3 is 5.97 Å². The second-order valence-electron chi connectivity index (χ2n) is 4.44. The Morgan fingerprint density at radius 1 is 1.43 bits per heavy atom. The summed E-state index contributed by atoms with van der Waals surface area (Å²) in [4.78, 5) is 33.1. The van der Waals surface area contributed by atoms with Crippen molar-refractivity contribution in [3.63, 3.8) is 0 Å². The van der Waals surface area contributed by atoms with Gasteiger partial charge in [0.05, 0.1) is 6.42 Å². The third-order valence-electron chi connectivity index (χ3n) is 2.84. The molecular weight excluding hydrogens is 272 g/mol. The van der Waals surface area contributed by atoms with Gasteiger partial charge in [-0.1, -0.05) is 6.92 Å². The summed E-state index contributed by atoms with van der Waals surface area (Å²) < 4.78 is 0. The van der Waals surface area contributed by atoms with Crippen LogP contribution >= 0.6 is 0 Å². The Hall–Kier alpha value is -2.70. The second-order valence-corrected chi connectivity index (χ2v) is 4.44. The van der Waals surface area contributed by atoms with Crippen LogP contribution in [0.15, 0.2) is 29.2 Å². The number of nitrogens with zero attached hydrogens (tertiary/aromatic N) is 2. The fraction of sp³-hybridized carbons (Fsp3) is 0.286. The summed E-state index contributed by atoms with van der Waals surface area (Å²) in [5.74, 6) is 0.190. The molecule has 7 heteroatoms. The van der Waals surface area contributed by atoms with E-state index in [0.29, 0.717) is 30.2 Å². The first-order valence-corrected chi connectivity index (χ1v) is 6.61. The molecular formula is C14H16N4O3. The van der Waals surface area contributed by atoms with E-state index >= 15 is 0 Å². The van der Waals surface area contributed by atoms with Crippen molar-refractivity contribution in [3.8, 4) is 11.4 Å². The number of hydrogen-bond donors (Lipinski definition) is 3. The highest BCUT2D eigenvalue weighted by Gasteiger charge is 2.04. The van der Waals surface area contributed by atoms with Gasteiger partial charge in [-0.05, 0) is 18.6 Å². The van der Waals surface area contributed by atoms with Gasteiger partial charge in [0.1, 0.15) is 11.6 Å². The number of aromatic nitrogens is 3. The van der Waals surface area contributed by atoms with Crippen LogP contribution in [0, 0.1) is 0 Å². The van der Waals surface area contributed by atoms with E-state index in [1.165, 1.54) is 6.07 Å². The molecule has 0 aliphatic rings. The Bertz CT molecular complexity index is 679. The highest BCUT2D eigenvalue weighted by molar-refractivity contribution is 5.67. The monoisotopic (exact) mass is 288 g/mol. The van der Waals surface area contributed by atoms with Crippen molar-refractivity contribution in [1.82, 2.24) is 15.0 Å². The third-order valence-corrected chi connectivity index (χ3v) is 2.84.